The number of aliphatic hydroxyl groups is 1. The summed E-state index contributed by atoms with van der Waals surface area (Å²) in [4.78, 5) is 2.40. The van der Waals surface area contributed by atoms with Crippen LogP contribution in [-0.4, -0.2) is 32.9 Å². The lowest BCUT2D eigenvalue weighted by molar-refractivity contribution is 0.0567. The Morgan fingerprint density at radius 3 is 2.44 bits per heavy atom. The van der Waals surface area contributed by atoms with Crippen molar-refractivity contribution in [3.63, 3.8) is 0 Å². The molecular formula is C22H24FN3O. The normalized spacial score (nSPS) is 17.1. The van der Waals surface area contributed by atoms with E-state index in [2.05, 4.69) is 16.2 Å². The van der Waals surface area contributed by atoms with E-state index in [1.807, 2.05) is 41.2 Å². The number of nitrogens with zero attached hydrogens (tertiary/aromatic N) is 3. The van der Waals surface area contributed by atoms with Gasteiger partial charge in [0.15, 0.2) is 0 Å². The largest absolute Gasteiger partial charge is 0.388 e. The second kappa shape index (κ2) is 8.03. The number of piperidine rings is 1. The third kappa shape index (κ3) is 4.26. The van der Waals surface area contributed by atoms with Crippen LogP contribution in [0.4, 0.5) is 4.39 Å². The van der Waals surface area contributed by atoms with E-state index in [4.69, 9.17) is 0 Å². The van der Waals surface area contributed by atoms with Crippen LogP contribution in [0, 0.1) is 11.7 Å². The predicted octanol–water partition coefficient (Wildman–Crippen LogP) is 3.96. The molecule has 2 aromatic carbocycles. The van der Waals surface area contributed by atoms with Gasteiger partial charge in [-0.05, 0) is 61.7 Å². The van der Waals surface area contributed by atoms with Crippen LogP contribution in [0.3, 0.4) is 0 Å². The third-order valence-electron chi connectivity index (χ3n) is 5.35. The molecule has 4 rings (SSSR count). The lowest BCUT2D eigenvalue weighted by Crippen LogP contribution is -2.35. The molecule has 1 aromatic heterocycles. The van der Waals surface area contributed by atoms with Crippen molar-refractivity contribution in [2.45, 2.75) is 25.5 Å². The first kappa shape index (κ1) is 17.9. The van der Waals surface area contributed by atoms with Gasteiger partial charge in [0.1, 0.15) is 5.82 Å². The monoisotopic (exact) mass is 365 g/mol. The highest BCUT2D eigenvalue weighted by molar-refractivity contribution is 5.30. The molecular weight excluding hydrogens is 341 g/mol. The summed E-state index contributed by atoms with van der Waals surface area (Å²) in [6.07, 6.45) is 5.35. The fourth-order valence-corrected chi connectivity index (χ4v) is 3.78. The van der Waals surface area contributed by atoms with E-state index in [9.17, 15) is 9.50 Å². The molecule has 1 fully saturated rings. The van der Waals surface area contributed by atoms with Gasteiger partial charge in [0.25, 0.3) is 0 Å². The Balaban J connectivity index is 1.32. The molecule has 4 nitrogen and oxygen atoms in total. The van der Waals surface area contributed by atoms with Crippen molar-refractivity contribution in [2.24, 2.45) is 5.92 Å². The van der Waals surface area contributed by atoms with Crippen molar-refractivity contribution in [3.05, 3.63) is 83.9 Å². The molecule has 1 aliphatic heterocycles. The first-order chi connectivity index (χ1) is 13.2. The molecule has 0 radical (unpaired) electrons. The molecule has 0 saturated carbocycles. The van der Waals surface area contributed by atoms with E-state index >= 15 is 0 Å². The molecule has 3 aromatic rings. The summed E-state index contributed by atoms with van der Waals surface area (Å²) in [6.45, 7) is 2.76. The van der Waals surface area contributed by atoms with Crippen molar-refractivity contribution >= 4 is 0 Å². The molecule has 1 atom stereocenters. The summed E-state index contributed by atoms with van der Waals surface area (Å²) in [7, 11) is 0. The first-order valence-corrected chi connectivity index (χ1v) is 9.44. The molecule has 140 valence electrons. The fourth-order valence-electron chi connectivity index (χ4n) is 3.78. The van der Waals surface area contributed by atoms with Gasteiger partial charge in [-0.3, -0.25) is 4.90 Å². The number of para-hydroxylation sites is 1. The maximum absolute atomic E-state index is 13.1. The average Bonchev–Trinajstić information content (AvgIpc) is 3.18. The zero-order chi connectivity index (χ0) is 18.6. The minimum atomic E-state index is -0.520. The summed E-state index contributed by atoms with van der Waals surface area (Å²) in [5.74, 6) is -0.0458. The molecule has 0 amide bonds. The Morgan fingerprint density at radius 2 is 1.74 bits per heavy atom. The van der Waals surface area contributed by atoms with Crippen LogP contribution >= 0.6 is 0 Å². The van der Waals surface area contributed by atoms with Crippen molar-refractivity contribution in [1.82, 2.24) is 14.7 Å². The van der Waals surface area contributed by atoms with E-state index < -0.39 is 6.10 Å². The number of rotatable bonds is 5. The molecule has 1 N–H and O–H groups in total. The van der Waals surface area contributed by atoms with E-state index in [1.165, 1.54) is 17.7 Å². The highest BCUT2D eigenvalue weighted by Crippen LogP contribution is 2.31. The summed E-state index contributed by atoms with van der Waals surface area (Å²) < 4.78 is 15.0. The lowest BCUT2D eigenvalue weighted by atomic mass is 9.87. The van der Waals surface area contributed by atoms with Crippen LogP contribution in [0.25, 0.3) is 5.69 Å². The Bertz CT molecular complexity index is 855. The molecule has 5 heteroatoms. The van der Waals surface area contributed by atoms with Gasteiger partial charge in [-0.2, -0.15) is 5.10 Å². The fraction of sp³-hybridized carbons (Fsp3) is 0.318. The van der Waals surface area contributed by atoms with Gasteiger partial charge in [-0.15, -0.1) is 0 Å². The zero-order valence-corrected chi connectivity index (χ0v) is 15.2. The highest BCUT2D eigenvalue weighted by atomic mass is 19.1. The van der Waals surface area contributed by atoms with Crippen molar-refractivity contribution < 1.29 is 9.50 Å². The van der Waals surface area contributed by atoms with Gasteiger partial charge >= 0.3 is 0 Å². The topological polar surface area (TPSA) is 41.3 Å². The Kier molecular flexibility index (Phi) is 5.32. The number of aromatic nitrogens is 2. The summed E-state index contributed by atoms with van der Waals surface area (Å²) in [5, 5.41) is 15.0. The van der Waals surface area contributed by atoms with Crippen LogP contribution in [0.2, 0.25) is 0 Å². The smallest absolute Gasteiger partial charge is 0.123 e. The van der Waals surface area contributed by atoms with Crippen LogP contribution in [0.5, 0.6) is 0 Å². The number of benzene rings is 2. The second-order valence-corrected chi connectivity index (χ2v) is 7.24. The van der Waals surface area contributed by atoms with Gasteiger partial charge in [0, 0.05) is 18.3 Å². The number of likely N-dealkylation sites (tertiary alicyclic amines) is 1. The van der Waals surface area contributed by atoms with E-state index in [1.54, 1.807) is 12.1 Å². The molecule has 0 bridgehead atoms. The van der Waals surface area contributed by atoms with Gasteiger partial charge in [-0.1, -0.05) is 30.3 Å². The summed E-state index contributed by atoms with van der Waals surface area (Å²) in [6, 6.07) is 16.3. The quantitative estimate of drug-likeness (QED) is 0.744. The number of aliphatic hydroxyl groups excluding tert-OH is 1. The Morgan fingerprint density at radius 1 is 1.04 bits per heavy atom. The Hall–Kier alpha value is -2.50. The highest BCUT2D eigenvalue weighted by Gasteiger charge is 2.26. The molecule has 0 spiro atoms. The number of hydrogen-bond donors (Lipinski definition) is 1. The summed E-state index contributed by atoms with van der Waals surface area (Å²) in [5.41, 5.74) is 3.06. The van der Waals surface area contributed by atoms with E-state index in [0.717, 1.165) is 43.7 Å². The van der Waals surface area contributed by atoms with Gasteiger partial charge in [-0.25, -0.2) is 9.07 Å². The van der Waals surface area contributed by atoms with Gasteiger partial charge in [0.05, 0.1) is 18.0 Å². The van der Waals surface area contributed by atoms with E-state index in [0.29, 0.717) is 0 Å². The Labute approximate surface area is 158 Å². The van der Waals surface area contributed by atoms with Crippen LogP contribution in [0.15, 0.2) is 67.0 Å². The zero-order valence-electron chi connectivity index (χ0n) is 15.2. The van der Waals surface area contributed by atoms with E-state index in [-0.39, 0.29) is 11.7 Å². The average molecular weight is 365 g/mol. The van der Waals surface area contributed by atoms with Crippen molar-refractivity contribution in [2.75, 3.05) is 13.1 Å². The van der Waals surface area contributed by atoms with Crippen LogP contribution in [-0.2, 0) is 6.54 Å². The first-order valence-electron chi connectivity index (χ1n) is 9.44. The standard InChI is InChI=1S/C22H24FN3O/c23-20-8-6-18(7-9-20)22(27)19-10-12-25(13-11-19)15-17-14-24-26(16-17)21-4-2-1-3-5-21/h1-9,14,16,19,22,27H,10-13,15H2. The van der Waals surface area contributed by atoms with Gasteiger partial charge in [0.2, 0.25) is 0 Å². The number of hydrogen-bond acceptors (Lipinski definition) is 3. The third-order valence-corrected chi connectivity index (χ3v) is 5.35. The molecule has 2 heterocycles. The number of halogens is 1. The second-order valence-electron chi connectivity index (χ2n) is 7.24. The minimum Gasteiger partial charge on any atom is -0.388 e. The summed E-state index contributed by atoms with van der Waals surface area (Å²) >= 11 is 0. The maximum Gasteiger partial charge on any atom is 0.123 e. The van der Waals surface area contributed by atoms with Crippen molar-refractivity contribution in [1.29, 1.82) is 0 Å². The predicted molar refractivity (Wildman–Crippen MR) is 103 cm³/mol. The lowest BCUT2D eigenvalue weighted by Gasteiger charge is -2.34. The molecule has 1 unspecified atom stereocenters. The minimum absolute atomic E-state index is 0.221. The molecule has 27 heavy (non-hydrogen) atoms. The van der Waals surface area contributed by atoms with Gasteiger partial charge < -0.3 is 5.11 Å². The van der Waals surface area contributed by atoms with Crippen molar-refractivity contribution in [3.8, 4) is 5.69 Å². The van der Waals surface area contributed by atoms with Crippen LogP contribution in [0.1, 0.15) is 30.1 Å². The maximum atomic E-state index is 13.1. The molecule has 1 aliphatic rings. The SMILES string of the molecule is OC(c1ccc(F)cc1)C1CCN(Cc2cnn(-c3ccccc3)c2)CC1. The molecule has 1 saturated heterocycles. The van der Waals surface area contributed by atoms with Crippen LogP contribution < -0.4 is 0 Å². The molecule has 0 aliphatic carbocycles.